The number of likely N-dealkylation sites (N-methyl/N-ethyl adjacent to an activating group) is 1. The molecule has 0 aliphatic carbocycles. The second kappa shape index (κ2) is 8.18. The molecule has 3 heteroatoms. The Morgan fingerprint density at radius 3 is 2.53 bits per heavy atom. The molecule has 1 rings (SSSR count). The lowest BCUT2D eigenvalue weighted by Crippen LogP contribution is -2.37. The highest BCUT2D eigenvalue weighted by Gasteiger charge is 2.22. The molecule has 0 heterocycles. The van der Waals surface area contributed by atoms with Gasteiger partial charge in [-0.2, -0.15) is 0 Å². The van der Waals surface area contributed by atoms with Crippen LogP contribution in [0, 0.1) is 0 Å². The van der Waals surface area contributed by atoms with E-state index in [9.17, 15) is 0 Å². The molecule has 2 atom stereocenters. The molecule has 2 N–H and O–H groups in total. The lowest BCUT2D eigenvalue weighted by Gasteiger charge is -2.33. The van der Waals surface area contributed by atoms with Crippen molar-refractivity contribution in [2.45, 2.75) is 45.7 Å². The molecule has 0 amide bonds. The first kappa shape index (κ1) is 16.0. The van der Waals surface area contributed by atoms with Crippen molar-refractivity contribution in [3.63, 3.8) is 0 Å². The van der Waals surface area contributed by atoms with Gasteiger partial charge in [0.1, 0.15) is 5.75 Å². The average molecular weight is 264 g/mol. The third-order valence-electron chi connectivity index (χ3n) is 3.69. The molecule has 0 saturated heterocycles. The summed E-state index contributed by atoms with van der Waals surface area (Å²) in [6.07, 6.45) is 2.37. The standard InChI is InChI=1S/C16H28N2O/c1-5-9-13(3)18(4)15(12-17)14-10-7-8-11-16(14)19-6-2/h7-8,10-11,13,15H,5-6,9,12,17H2,1-4H3. The minimum Gasteiger partial charge on any atom is -0.494 e. The summed E-state index contributed by atoms with van der Waals surface area (Å²) in [5, 5.41) is 0. The van der Waals surface area contributed by atoms with Crippen molar-refractivity contribution in [1.82, 2.24) is 4.90 Å². The number of hydrogen-bond acceptors (Lipinski definition) is 3. The summed E-state index contributed by atoms with van der Waals surface area (Å²) >= 11 is 0. The van der Waals surface area contributed by atoms with Crippen LogP contribution in [0.4, 0.5) is 0 Å². The molecule has 0 aliphatic heterocycles. The maximum atomic E-state index is 6.01. The lowest BCUT2D eigenvalue weighted by molar-refractivity contribution is 0.175. The summed E-state index contributed by atoms with van der Waals surface area (Å²) in [6, 6.07) is 8.95. The summed E-state index contributed by atoms with van der Waals surface area (Å²) < 4.78 is 5.73. The van der Waals surface area contributed by atoms with Gasteiger partial charge in [0.2, 0.25) is 0 Å². The van der Waals surface area contributed by atoms with Crippen molar-refractivity contribution in [2.24, 2.45) is 5.73 Å². The van der Waals surface area contributed by atoms with E-state index >= 15 is 0 Å². The van der Waals surface area contributed by atoms with Crippen molar-refractivity contribution in [2.75, 3.05) is 20.2 Å². The summed E-state index contributed by atoms with van der Waals surface area (Å²) in [5.41, 5.74) is 7.20. The molecule has 0 bridgehead atoms. The zero-order valence-corrected chi connectivity index (χ0v) is 12.7. The van der Waals surface area contributed by atoms with E-state index in [4.69, 9.17) is 10.5 Å². The number of nitrogens with zero attached hydrogens (tertiary/aromatic N) is 1. The van der Waals surface area contributed by atoms with Gasteiger partial charge in [0.05, 0.1) is 12.6 Å². The summed E-state index contributed by atoms with van der Waals surface area (Å²) in [6.45, 7) is 7.78. The van der Waals surface area contributed by atoms with Crippen molar-refractivity contribution in [1.29, 1.82) is 0 Å². The number of ether oxygens (including phenoxy) is 1. The fourth-order valence-corrected chi connectivity index (χ4v) is 2.48. The van der Waals surface area contributed by atoms with E-state index < -0.39 is 0 Å². The first-order chi connectivity index (χ1) is 9.15. The Kier molecular flexibility index (Phi) is 6.89. The van der Waals surface area contributed by atoms with Gasteiger partial charge in [0.25, 0.3) is 0 Å². The third-order valence-corrected chi connectivity index (χ3v) is 3.69. The lowest BCUT2D eigenvalue weighted by atomic mass is 10.0. The number of benzene rings is 1. The smallest absolute Gasteiger partial charge is 0.124 e. The molecule has 1 aromatic carbocycles. The molecule has 108 valence electrons. The molecular formula is C16H28N2O. The van der Waals surface area contributed by atoms with Crippen LogP contribution < -0.4 is 10.5 Å². The monoisotopic (exact) mass is 264 g/mol. The predicted molar refractivity (Wildman–Crippen MR) is 81.5 cm³/mol. The highest BCUT2D eigenvalue weighted by molar-refractivity contribution is 5.36. The van der Waals surface area contributed by atoms with Gasteiger partial charge in [-0.1, -0.05) is 31.5 Å². The Labute approximate surface area is 117 Å². The van der Waals surface area contributed by atoms with Crippen LogP contribution in [0.3, 0.4) is 0 Å². The van der Waals surface area contributed by atoms with Gasteiger partial charge < -0.3 is 10.5 Å². The summed E-state index contributed by atoms with van der Waals surface area (Å²) in [5.74, 6) is 0.955. The van der Waals surface area contributed by atoms with Gasteiger partial charge in [-0.25, -0.2) is 0 Å². The molecule has 2 unspecified atom stereocenters. The van der Waals surface area contributed by atoms with E-state index in [-0.39, 0.29) is 6.04 Å². The predicted octanol–water partition coefficient (Wildman–Crippen LogP) is 3.21. The number of nitrogens with two attached hydrogens (primary N) is 1. The van der Waals surface area contributed by atoms with Gasteiger partial charge in [0, 0.05) is 18.2 Å². The maximum Gasteiger partial charge on any atom is 0.124 e. The second-order valence-corrected chi connectivity index (χ2v) is 5.03. The highest BCUT2D eigenvalue weighted by Crippen LogP contribution is 2.29. The van der Waals surface area contributed by atoms with E-state index in [0.717, 1.165) is 5.75 Å². The van der Waals surface area contributed by atoms with Crippen molar-refractivity contribution < 1.29 is 4.74 Å². The molecule has 19 heavy (non-hydrogen) atoms. The van der Waals surface area contributed by atoms with Crippen LogP contribution in [0.2, 0.25) is 0 Å². The zero-order valence-electron chi connectivity index (χ0n) is 12.7. The fraction of sp³-hybridized carbons (Fsp3) is 0.625. The molecular weight excluding hydrogens is 236 g/mol. The van der Waals surface area contributed by atoms with Gasteiger partial charge in [0.15, 0.2) is 0 Å². The molecule has 0 aromatic heterocycles. The van der Waals surface area contributed by atoms with Crippen molar-refractivity contribution in [3.8, 4) is 5.75 Å². The number of hydrogen-bond donors (Lipinski definition) is 1. The van der Waals surface area contributed by atoms with Crippen LogP contribution >= 0.6 is 0 Å². The first-order valence-corrected chi connectivity index (χ1v) is 7.29. The largest absolute Gasteiger partial charge is 0.494 e. The minimum absolute atomic E-state index is 0.212. The average Bonchev–Trinajstić information content (AvgIpc) is 2.42. The third kappa shape index (κ3) is 4.22. The van der Waals surface area contributed by atoms with Crippen LogP contribution in [0.5, 0.6) is 5.75 Å². The first-order valence-electron chi connectivity index (χ1n) is 7.29. The number of para-hydroxylation sites is 1. The normalized spacial score (nSPS) is 14.4. The Morgan fingerprint density at radius 1 is 1.26 bits per heavy atom. The number of rotatable bonds is 8. The molecule has 0 spiro atoms. The minimum atomic E-state index is 0.212. The molecule has 3 nitrogen and oxygen atoms in total. The van der Waals surface area contributed by atoms with Crippen LogP contribution in [0.15, 0.2) is 24.3 Å². The topological polar surface area (TPSA) is 38.5 Å². The molecule has 0 fully saturated rings. The molecule has 0 aliphatic rings. The van der Waals surface area contributed by atoms with Crippen molar-refractivity contribution >= 4 is 0 Å². The van der Waals surface area contributed by atoms with Gasteiger partial charge in [-0.15, -0.1) is 0 Å². The second-order valence-electron chi connectivity index (χ2n) is 5.03. The Balaban J connectivity index is 2.95. The van der Waals surface area contributed by atoms with Gasteiger partial charge in [-0.3, -0.25) is 4.90 Å². The highest BCUT2D eigenvalue weighted by atomic mass is 16.5. The van der Waals surface area contributed by atoms with Crippen LogP contribution in [-0.4, -0.2) is 31.1 Å². The van der Waals surface area contributed by atoms with E-state index in [1.807, 2.05) is 19.1 Å². The van der Waals surface area contributed by atoms with Crippen LogP contribution in [0.25, 0.3) is 0 Å². The molecule has 0 radical (unpaired) electrons. The van der Waals surface area contributed by atoms with E-state index in [1.54, 1.807) is 0 Å². The van der Waals surface area contributed by atoms with Gasteiger partial charge in [-0.05, 0) is 33.4 Å². The quantitative estimate of drug-likeness (QED) is 0.783. The van der Waals surface area contributed by atoms with Crippen LogP contribution in [0.1, 0.15) is 45.2 Å². The van der Waals surface area contributed by atoms with E-state index in [2.05, 4.69) is 37.9 Å². The summed E-state index contributed by atoms with van der Waals surface area (Å²) in [7, 11) is 2.15. The molecule has 1 aromatic rings. The van der Waals surface area contributed by atoms with Crippen molar-refractivity contribution in [3.05, 3.63) is 29.8 Å². The maximum absolute atomic E-state index is 6.01. The van der Waals surface area contributed by atoms with Crippen LogP contribution in [-0.2, 0) is 0 Å². The SMILES string of the molecule is CCCC(C)N(C)C(CN)c1ccccc1OCC. The fourth-order valence-electron chi connectivity index (χ4n) is 2.48. The Morgan fingerprint density at radius 2 is 1.95 bits per heavy atom. The van der Waals surface area contributed by atoms with E-state index in [0.29, 0.717) is 19.2 Å². The molecule has 0 saturated carbocycles. The Bertz CT molecular complexity index is 368. The van der Waals surface area contributed by atoms with E-state index in [1.165, 1.54) is 18.4 Å². The summed E-state index contributed by atoms with van der Waals surface area (Å²) in [4.78, 5) is 2.36. The zero-order chi connectivity index (χ0) is 14.3. The Hall–Kier alpha value is -1.06. The van der Waals surface area contributed by atoms with Gasteiger partial charge >= 0.3 is 0 Å².